The van der Waals surface area contributed by atoms with Crippen LogP contribution in [0.3, 0.4) is 0 Å². The summed E-state index contributed by atoms with van der Waals surface area (Å²) in [5, 5.41) is 17.7. The van der Waals surface area contributed by atoms with Crippen LogP contribution in [0.4, 0.5) is 4.79 Å². The monoisotopic (exact) mass is 636 g/mol. The molecule has 0 radical (unpaired) electrons. The highest BCUT2D eigenvalue weighted by Crippen LogP contribution is 2.41. The van der Waals surface area contributed by atoms with Gasteiger partial charge in [0.2, 0.25) is 0 Å². The number of rotatable bonds is 4. The molecule has 224 valence electrons. The number of carbonyl (C=O) groups is 5. The summed E-state index contributed by atoms with van der Waals surface area (Å²) < 4.78 is 19.8. The Balaban J connectivity index is 0.000000143. The molecule has 5 heterocycles. The minimum Gasteiger partial charge on any atom is -0.608 e. The molecule has 44 heavy (non-hydrogen) atoms. The second-order valence-corrected chi connectivity index (χ2v) is 11.3. The molecule has 0 spiro atoms. The number of nitrogens with two attached hydrogens (primary N) is 1. The summed E-state index contributed by atoms with van der Waals surface area (Å²) in [4.78, 5) is 56.5. The first-order valence-electron chi connectivity index (χ1n) is 13.1. The van der Waals surface area contributed by atoms with Gasteiger partial charge in [-0.05, 0) is 0 Å². The summed E-state index contributed by atoms with van der Waals surface area (Å²) in [5.41, 5.74) is 4.28. The lowest BCUT2D eigenvalue weighted by atomic mass is 9.49. The number of hydrogen-bond donors (Lipinski definition) is 3. The Morgan fingerprint density at radius 3 is 1.82 bits per heavy atom. The number of hydrogen-bond acceptors (Lipinski definition) is 14. The third-order valence-corrected chi connectivity index (χ3v) is 8.49. The van der Waals surface area contributed by atoms with E-state index in [4.69, 9.17) is 32.5 Å². The number of aromatic nitrogens is 2. The smallest absolute Gasteiger partial charge is 0.608 e. The first-order valence-corrected chi connectivity index (χ1v) is 14.3. The number of thiocarbonyl (C=S) groups is 1. The van der Waals surface area contributed by atoms with Crippen molar-refractivity contribution in [2.75, 3.05) is 0 Å². The molecular formula is C26H22B2N4O10S2. The fourth-order valence-corrected chi connectivity index (χ4v) is 6.17. The number of benzene rings is 2. The van der Waals surface area contributed by atoms with Gasteiger partial charge < -0.3 is 29.1 Å². The van der Waals surface area contributed by atoms with Gasteiger partial charge in [-0.25, -0.2) is 5.84 Å². The van der Waals surface area contributed by atoms with E-state index in [-0.39, 0.29) is 43.4 Å². The van der Waals surface area contributed by atoms with Crippen LogP contribution in [0.5, 0.6) is 0 Å². The summed E-state index contributed by atoms with van der Waals surface area (Å²) in [5.74, 6) is 2.56. The number of fused-ring (bicyclic) bond motifs is 2. The van der Waals surface area contributed by atoms with Crippen LogP contribution in [0.2, 0.25) is 0 Å². The molecule has 4 N–H and O–H groups in total. The fraction of sp³-hybridized carbons (Fsp3) is 0.154. The highest BCUT2D eigenvalue weighted by atomic mass is 32.1. The SMILES string of the molecule is NNC(=S)c1ccccc1.O=C1C[C+]2CC(=O)O[B-]2(C(=O)O)O1.O=C1C[C+]2CC(=O)O[B-]2(c2nnc(-c3ccccc3)s2)O1. The molecule has 7 rings (SSSR count). The molecule has 4 aliphatic rings. The average Bonchev–Trinajstić information content (AvgIpc) is 3.80. The van der Waals surface area contributed by atoms with E-state index >= 15 is 0 Å². The Labute approximate surface area is 259 Å². The largest absolute Gasteiger partial charge is 0.662 e. The first-order chi connectivity index (χ1) is 21.1. The third-order valence-electron chi connectivity index (χ3n) is 7.03. The minimum atomic E-state index is -2.81. The zero-order valence-electron chi connectivity index (χ0n) is 22.7. The van der Waals surface area contributed by atoms with E-state index in [0.29, 0.717) is 20.7 Å². The number of carboxylic acid groups (broad SMARTS) is 1. The highest BCUT2D eigenvalue weighted by molar-refractivity contribution is 7.80. The lowest BCUT2D eigenvalue weighted by Crippen LogP contribution is -2.52. The Morgan fingerprint density at radius 1 is 0.818 bits per heavy atom. The Morgan fingerprint density at radius 2 is 1.32 bits per heavy atom. The molecule has 0 amide bonds. The lowest BCUT2D eigenvalue weighted by molar-refractivity contribution is -0.140. The van der Waals surface area contributed by atoms with Gasteiger partial charge in [-0.3, -0.25) is 24.0 Å². The van der Waals surface area contributed by atoms with E-state index in [1.165, 1.54) is 11.3 Å². The highest BCUT2D eigenvalue weighted by Gasteiger charge is 2.70. The summed E-state index contributed by atoms with van der Waals surface area (Å²) in [7, 11) is 0. The molecule has 2 aromatic carbocycles. The van der Waals surface area contributed by atoms with Crippen molar-refractivity contribution >= 4 is 76.3 Å². The van der Waals surface area contributed by atoms with Crippen LogP contribution in [0, 0.1) is 11.6 Å². The molecule has 4 saturated heterocycles. The van der Waals surface area contributed by atoms with Gasteiger partial charge in [0.25, 0.3) is 5.87 Å². The van der Waals surface area contributed by atoms with E-state index in [1.807, 2.05) is 60.7 Å². The zero-order chi connectivity index (χ0) is 31.5. The average molecular weight is 636 g/mol. The molecule has 0 aliphatic carbocycles. The molecule has 0 saturated carbocycles. The van der Waals surface area contributed by atoms with Crippen LogP contribution in [0.1, 0.15) is 31.2 Å². The summed E-state index contributed by atoms with van der Waals surface area (Å²) >= 11 is 6.17. The van der Waals surface area contributed by atoms with Crippen LogP contribution in [0.15, 0.2) is 60.7 Å². The van der Waals surface area contributed by atoms with Crippen molar-refractivity contribution in [3.8, 4) is 10.6 Å². The van der Waals surface area contributed by atoms with Crippen LogP contribution in [0.25, 0.3) is 10.6 Å². The normalized spacial score (nSPS) is 18.3. The molecule has 14 nitrogen and oxygen atoms in total. The van der Waals surface area contributed by atoms with Gasteiger partial charge in [0.15, 0.2) is 0 Å². The quantitative estimate of drug-likeness (QED) is 0.122. The predicted molar refractivity (Wildman–Crippen MR) is 159 cm³/mol. The Hall–Kier alpha value is -4.93. The van der Waals surface area contributed by atoms with Gasteiger partial charge in [0, 0.05) is 22.8 Å². The molecule has 3 aromatic rings. The van der Waals surface area contributed by atoms with Crippen molar-refractivity contribution in [2.45, 2.75) is 25.7 Å². The second kappa shape index (κ2) is 12.4. The van der Waals surface area contributed by atoms with E-state index in [9.17, 15) is 24.0 Å². The maximum absolute atomic E-state index is 11.6. The predicted octanol–water partition coefficient (Wildman–Crippen LogP) is 1.38. The standard InChI is InChI=1S/C13H9BN2O4S.C7H8N2S.C6H5BO6/c17-10-6-9-7-11(18)20-14(9,19-10)13-16-15-12(21-13)8-4-2-1-3-5-8;8-9-7(10)6-4-2-1-3-5-6;8-4-1-3-2-5(9)13-7(3,12-4)6(10)11/h1-5H,6-7H2;1-5H,8H2,(H,9,10);1-2H2,(H,10,11). The van der Waals surface area contributed by atoms with Crippen molar-refractivity contribution < 1.29 is 47.7 Å². The van der Waals surface area contributed by atoms with Crippen molar-refractivity contribution in [1.82, 2.24) is 15.6 Å². The maximum atomic E-state index is 11.6. The van der Waals surface area contributed by atoms with Gasteiger partial charge in [0.1, 0.15) is 40.6 Å². The number of nitrogens with one attached hydrogen (secondary N) is 1. The van der Waals surface area contributed by atoms with Crippen LogP contribution in [-0.4, -0.2) is 63.1 Å². The van der Waals surface area contributed by atoms with Crippen LogP contribution < -0.4 is 16.2 Å². The third kappa shape index (κ3) is 5.94. The van der Waals surface area contributed by atoms with Crippen LogP contribution >= 0.6 is 23.6 Å². The van der Waals surface area contributed by atoms with Crippen molar-refractivity contribution in [1.29, 1.82) is 0 Å². The Bertz CT molecular complexity index is 1580. The fourth-order valence-electron chi connectivity index (χ4n) is 5.00. The second-order valence-electron chi connectivity index (χ2n) is 9.90. The van der Waals surface area contributed by atoms with Gasteiger partial charge in [-0.2, -0.15) is 5.10 Å². The number of carbonyl (C=O) groups excluding carboxylic acids is 4. The zero-order valence-corrected chi connectivity index (χ0v) is 24.3. The number of hydrazine groups is 1. The molecule has 1 aromatic heterocycles. The molecule has 0 bridgehead atoms. The van der Waals surface area contributed by atoms with E-state index < -0.39 is 30.9 Å². The topological polar surface area (TPSA) is 206 Å². The summed E-state index contributed by atoms with van der Waals surface area (Å²) in [6.07, 6.45) is -0.0198. The molecular weight excluding hydrogens is 614 g/mol. The molecule has 4 fully saturated rings. The maximum Gasteiger partial charge on any atom is 0.662 e. The first kappa shape index (κ1) is 30.5. The minimum absolute atomic E-state index is 0.117. The van der Waals surface area contributed by atoms with Gasteiger partial charge in [-0.15, -0.1) is 16.4 Å². The molecule has 4 aliphatic heterocycles. The Kier molecular flexibility index (Phi) is 8.57. The van der Waals surface area contributed by atoms with Gasteiger partial charge in [-0.1, -0.05) is 72.9 Å². The molecule has 18 heteroatoms. The van der Waals surface area contributed by atoms with Gasteiger partial charge >= 0.3 is 37.0 Å². The lowest BCUT2D eigenvalue weighted by Gasteiger charge is -2.21. The van der Waals surface area contributed by atoms with Gasteiger partial charge in [0.05, 0.1) is 0 Å². The summed E-state index contributed by atoms with van der Waals surface area (Å²) in [6.45, 7) is -5.03. The van der Waals surface area contributed by atoms with Crippen molar-refractivity contribution in [2.24, 2.45) is 5.84 Å². The molecule has 0 atom stereocenters. The number of nitrogens with zero attached hydrogens (tertiary/aromatic N) is 2. The van der Waals surface area contributed by atoms with Crippen molar-refractivity contribution in [3.63, 3.8) is 0 Å². The van der Waals surface area contributed by atoms with Crippen LogP contribution in [-0.2, 0) is 37.8 Å². The summed E-state index contributed by atoms with van der Waals surface area (Å²) in [6, 6.07) is 19.1. The van der Waals surface area contributed by atoms with E-state index in [1.54, 1.807) is 0 Å². The van der Waals surface area contributed by atoms with E-state index in [0.717, 1.165) is 11.1 Å². The van der Waals surface area contributed by atoms with Crippen molar-refractivity contribution in [3.05, 3.63) is 77.9 Å². The molecule has 0 unspecified atom stereocenters. The van der Waals surface area contributed by atoms with E-state index in [2.05, 4.69) is 24.9 Å².